The van der Waals surface area contributed by atoms with Gasteiger partial charge in [0, 0.05) is 6.42 Å². The first-order valence-electron chi connectivity index (χ1n) is 6.19. The van der Waals surface area contributed by atoms with Gasteiger partial charge in [0.2, 0.25) is 5.75 Å². The minimum absolute atomic E-state index is 0.236. The fourth-order valence-corrected chi connectivity index (χ4v) is 2.44. The number of hydrogen-bond donors (Lipinski definition) is 2. The van der Waals surface area contributed by atoms with E-state index >= 15 is 0 Å². The zero-order chi connectivity index (χ0) is 16.3. The highest BCUT2D eigenvalue weighted by molar-refractivity contribution is 9.10. The van der Waals surface area contributed by atoms with Crippen LogP contribution in [0.2, 0.25) is 0 Å². The van der Waals surface area contributed by atoms with Gasteiger partial charge in [-0.15, -0.1) is 0 Å². The van der Waals surface area contributed by atoms with E-state index in [1.807, 2.05) is 6.07 Å². The first kappa shape index (κ1) is 16.0. The number of rotatable bonds is 4. The third kappa shape index (κ3) is 3.28. The van der Waals surface area contributed by atoms with Crippen LogP contribution in [0.15, 0.2) is 27.5 Å². The number of methoxy groups -OCH3 is 2. The number of halogens is 1. The standard InChI is InChI=1S/C14H13BrN2O5/c1-21-9-4-3-7(5-8(9)15)6-10-16-11(14(20)22-2)12(18)13(19)17-10/h3-5,18H,6H2,1-2H3,(H,16,17,19). The quantitative estimate of drug-likeness (QED) is 0.795. The van der Waals surface area contributed by atoms with Crippen molar-refractivity contribution in [2.45, 2.75) is 6.42 Å². The summed E-state index contributed by atoms with van der Waals surface area (Å²) in [5.74, 6) is -0.723. The molecule has 0 spiro atoms. The average molecular weight is 369 g/mol. The van der Waals surface area contributed by atoms with Crippen molar-refractivity contribution in [1.29, 1.82) is 0 Å². The summed E-state index contributed by atoms with van der Waals surface area (Å²) in [5, 5.41) is 9.57. The van der Waals surface area contributed by atoms with Crippen molar-refractivity contribution in [3.63, 3.8) is 0 Å². The van der Waals surface area contributed by atoms with Crippen molar-refractivity contribution in [3.05, 3.63) is 50.1 Å². The number of esters is 1. The van der Waals surface area contributed by atoms with Crippen LogP contribution in [0.3, 0.4) is 0 Å². The van der Waals surface area contributed by atoms with Crippen molar-refractivity contribution in [1.82, 2.24) is 9.97 Å². The molecule has 0 saturated heterocycles. The number of nitrogens with one attached hydrogen (secondary N) is 1. The number of carbonyl (C=O) groups excluding carboxylic acids is 1. The highest BCUT2D eigenvalue weighted by Crippen LogP contribution is 2.26. The Morgan fingerprint density at radius 1 is 1.41 bits per heavy atom. The monoisotopic (exact) mass is 368 g/mol. The van der Waals surface area contributed by atoms with Gasteiger partial charge < -0.3 is 19.6 Å². The molecule has 0 atom stereocenters. The van der Waals surface area contributed by atoms with E-state index in [1.54, 1.807) is 19.2 Å². The first-order chi connectivity index (χ1) is 10.5. The smallest absolute Gasteiger partial charge is 0.360 e. The molecule has 0 bridgehead atoms. The van der Waals surface area contributed by atoms with Crippen LogP contribution >= 0.6 is 15.9 Å². The molecule has 0 saturated carbocycles. The number of benzene rings is 1. The lowest BCUT2D eigenvalue weighted by molar-refractivity contribution is 0.0589. The van der Waals surface area contributed by atoms with E-state index in [4.69, 9.17) is 4.74 Å². The van der Waals surface area contributed by atoms with Crippen LogP contribution in [-0.4, -0.2) is 35.3 Å². The Morgan fingerprint density at radius 3 is 2.73 bits per heavy atom. The molecular formula is C14H13BrN2O5. The molecule has 7 nitrogen and oxygen atoms in total. The van der Waals surface area contributed by atoms with Gasteiger partial charge in [0.25, 0.3) is 5.56 Å². The van der Waals surface area contributed by atoms with Crippen molar-refractivity contribution in [2.75, 3.05) is 14.2 Å². The van der Waals surface area contributed by atoms with Crippen LogP contribution in [0.5, 0.6) is 11.5 Å². The summed E-state index contributed by atoms with van der Waals surface area (Å²) < 4.78 is 10.4. The Bertz CT molecular complexity index is 772. The number of hydrogen-bond acceptors (Lipinski definition) is 6. The summed E-state index contributed by atoms with van der Waals surface area (Å²) in [6, 6.07) is 5.37. The van der Waals surface area contributed by atoms with E-state index in [1.165, 1.54) is 0 Å². The van der Waals surface area contributed by atoms with Gasteiger partial charge in [0.05, 0.1) is 18.7 Å². The molecule has 2 aromatic rings. The highest BCUT2D eigenvalue weighted by atomic mass is 79.9. The average Bonchev–Trinajstić information content (AvgIpc) is 2.50. The summed E-state index contributed by atoms with van der Waals surface area (Å²) >= 11 is 3.36. The van der Waals surface area contributed by atoms with Crippen LogP contribution < -0.4 is 10.3 Å². The molecule has 0 unspecified atom stereocenters. The minimum atomic E-state index is -0.874. The van der Waals surface area contributed by atoms with Crippen LogP contribution in [-0.2, 0) is 11.2 Å². The van der Waals surface area contributed by atoms with Gasteiger partial charge in [-0.2, -0.15) is 0 Å². The molecular weight excluding hydrogens is 356 g/mol. The van der Waals surface area contributed by atoms with Crippen molar-refractivity contribution in [3.8, 4) is 11.5 Å². The number of carbonyl (C=O) groups is 1. The Balaban J connectivity index is 2.38. The summed E-state index contributed by atoms with van der Waals surface area (Å²) in [6.07, 6.45) is 0.266. The van der Waals surface area contributed by atoms with Gasteiger partial charge in [0.1, 0.15) is 11.6 Å². The number of ether oxygens (including phenoxy) is 2. The Morgan fingerprint density at radius 2 is 2.14 bits per heavy atom. The summed E-state index contributed by atoms with van der Waals surface area (Å²) in [7, 11) is 2.70. The predicted molar refractivity (Wildman–Crippen MR) is 81.4 cm³/mol. The van der Waals surface area contributed by atoms with Crippen LogP contribution in [0.4, 0.5) is 0 Å². The summed E-state index contributed by atoms with van der Waals surface area (Å²) in [4.78, 5) is 29.5. The second kappa shape index (κ2) is 6.61. The summed E-state index contributed by atoms with van der Waals surface area (Å²) in [6.45, 7) is 0. The zero-order valence-corrected chi connectivity index (χ0v) is 13.4. The number of aromatic hydroxyl groups is 1. The molecule has 1 heterocycles. The van der Waals surface area contributed by atoms with Crippen LogP contribution in [0.1, 0.15) is 21.9 Å². The number of H-pyrrole nitrogens is 1. The molecule has 2 N–H and O–H groups in total. The van der Waals surface area contributed by atoms with E-state index in [0.717, 1.165) is 17.1 Å². The molecule has 8 heteroatoms. The van der Waals surface area contributed by atoms with E-state index in [9.17, 15) is 14.7 Å². The molecule has 0 radical (unpaired) electrons. The molecule has 22 heavy (non-hydrogen) atoms. The fourth-order valence-electron chi connectivity index (χ4n) is 1.85. The molecule has 2 rings (SSSR count). The maximum absolute atomic E-state index is 11.7. The molecule has 1 aromatic carbocycles. The Labute approximate surface area is 134 Å². The second-order valence-corrected chi connectivity index (χ2v) is 5.20. The van der Waals surface area contributed by atoms with E-state index in [0.29, 0.717) is 5.75 Å². The normalized spacial score (nSPS) is 10.3. The maximum atomic E-state index is 11.7. The van der Waals surface area contributed by atoms with E-state index < -0.39 is 23.0 Å². The molecule has 0 aliphatic heterocycles. The van der Waals surface area contributed by atoms with Gasteiger partial charge in [0.15, 0.2) is 5.69 Å². The Kier molecular flexibility index (Phi) is 4.81. The van der Waals surface area contributed by atoms with Crippen LogP contribution in [0.25, 0.3) is 0 Å². The molecule has 0 fully saturated rings. The second-order valence-electron chi connectivity index (χ2n) is 4.35. The lowest BCUT2D eigenvalue weighted by atomic mass is 10.1. The van der Waals surface area contributed by atoms with Crippen molar-refractivity contribution in [2.24, 2.45) is 0 Å². The van der Waals surface area contributed by atoms with E-state index in [-0.39, 0.29) is 12.2 Å². The van der Waals surface area contributed by atoms with Gasteiger partial charge >= 0.3 is 5.97 Å². The van der Waals surface area contributed by atoms with Crippen molar-refractivity contribution < 1.29 is 19.4 Å². The van der Waals surface area contributed by atoms with E-state index in [2.05, 4.69) is 30.6 Å². The fraction of sp³-hybridized carbons (Fsp3) is 0.214. The van der Waals surface area contributed by atoms with Crippen molar-refractivity contribution >= 4 is 21.9 Å². The molecule has 1 aromatic heterocycles. The minimum Gasteiger partial charge on any atom is -0.501 e. The highest BCUT2D eigenvalue weighted by Gasteiger charge is 2.18. The lowest BCUT2D eigenvalue weighted by Gasteiger charge is -2.07. The third-order valence-electron chi connectivity index (χ3n) is 2.91. The number of aromatic nitrogens is 2. The van der Waals surface area contributed by atoms with Gasteiger partial charge in [-0.05, 0) is 33.6 Å². The SMILES string of the molecule is COC(=O)c1nc(Cc2ccc(OC)c(Br)c2)[nH]c(=O)c1O. The summed E-state index contributed by atoms with van der Waals surface area (Å²) in [5.41, 5.74) is -0.371. The van der Waals surface area contributed by atoms with Gasteiger partial charge in [-0.3, -0.25) is 4.79 Å². The molecule has 0 aliphatic rings. The Hall–Kier alpha value is -2.35. The van der Waals surface area contributed by atoms with Gasteiger partial charge in [-0.25, -0.2) is 9.78 Å². The topological polar surface area (TPSA) is 102 Å². The maximum Gasteiger partial charge on any atom is 0.360 e. The molecule has 116 valence electrons. The first-order valence-corrected chi connectivity index (χ1v) is 6.98. The number of aromatic amines is 1. The molecule has 0 aliphatic carbocycles. The predicted octanol–water partition coefficient (Wildman–Crippen LogP) is 1.62. The zero-order valence-electron chi connectivity index (χ0n) is 11.8. The third-order valence-corrected chi connectivity index (χ3v) is 3.53. The largest absolute Gasteiger partial charge is 0.501 e. The number of nitrogens with zero attached hydrogens (tertiary/aromatic N) is 1. The lowest BCUT2D eigenvalue weighted by Crippen LogP contribution is -2.18. The van der Waals surface area contributed by atoms with Crippen LogP contribution in [0, 0.1) is 0 Å². The van der Waals surface area contributed by atoms with Gasteiger partial charge in [-0.1, -0.05) is 6.07 Å². The molecule has 0 amide bonds.